The Labute approximate surface area is 189 Å². The molecule has 1 aliphatic heterocycles. The number of rotatable bonds is 7. The van der Waals surface area contributed by atoms with Crippen molar-refractivity contribution in [1.82, 2.24) is 15.1 Å². The van der Waals surface area contributed by atoms with Gasteiger partial charge in [0.05, 0.1) is 0 Å². The van der Waals surface area contributed by atoms with Gasteiger partial charge in [-0.1, -0.05) is 23.7 Å². The minimum atomic E-state index is -0.228. The van der Waals surface area contributed by atoms with Crippen molar-refractivity contribution in [3.05, 3.63) is 64.4 Å². The van der Waals surface area contributed by atoms with Gasteiger partial charge < -0.3 is 15.0 Å². The van der Waals surface area contributed by atoms with Crippen LogP contribution in [0.5, 0.6) is 5.75 Å². The Morgan fingerprint density at radius 2 is 1.90 bits per heavy atom. The van der Waals surface area contributed by atoms with Crippen molar-refractivity contribution >= 4 is 17.5 Å². The van der Waals surface area contributed by atoms with Gasteiger partial charge in [0.25, 0.3) is 5.91 Å². The summed E-state index contributed by atoms with van der Waals surface area (Å²) in [4.78, 5) is 17.2. The number of halogens is 2. The van der Waals surface area contributed by atoms with Crippen LogP contribution in [0.3, 0.4) is 0 Å². The second kappa shape index (κ2) is 10.4. The van der Waals surface area contributed by atoms with E-state index in [1.165, 1.54) is 12.1 Å². The predicted molar refractivity (Wildman–Crippen MR) is 122 cm³/mol. The van der Waals surface area contributed by atoms with E-state index in [0.29, 0.717) is 17.3 Å². The maximum Gasteiger partial charge on any atom is 0.260 e. The van der Waals surface area contributed by atoms with Crippen molar-refractivity contribution in [3.63, 3.8) is 0 Å². The van der Waals surface area contributed by atoms with Gasteiger partial charge in [-0.2, -0.15) is 0 Å². The van der Waals surface area contributed by atoms with Gasteiger partial charge >= 0.3 is 0 Å². The molecule has 0 aliphatic carbocycles. The molecule has 3 rings (SSSR count). The standard InChI is InChI=1S/C24H31ClFN3O2/c1-16-13-29(17(2)12-28(16)14-19-5-8-21(26)9-6-19)24(30)15-31-23-10-7-20(25)11-22(23)18(3)27-4/h5-11,16-18,27H,12-15H2,1-4H3/t16-,17+,18?/m1/s1. The highest BCUT2D eigenvalue weighted by Crippen LogP contribution is 2.28. The Balaban J connectivity index is 1.60. The average Bonchev–Trinajstić information content (AvgIpc) is 2.75. The second-order valence-electron chi connectivity index (χ2n) is 8.28. The first-order valence-electron chi connectivity index (χ1n) is 10.7. The van der Waals surface area contributed by atoms with Gasteiger partial charge in [0.1, 0.15) is 11.6 Å². The Bertz CT molecular complexity index is 893. The zero-order valence-electron chi connectivity index (χ0n) is 18.6. The van der Waals surface area contributed by atoms with E-state index < -0.39 is 0 Å². The molecule has 2 aromatic rings. The lowest BCUT2D eigenvalue weighted by molar-refractivity contribution is -0.139. The van der Waals surface area contributed by atoms with Crippen molar-refractivity contribution < 1.29 is 13.9 Å². The molecule has 5 nitrogen and oxygen atoms in total. The van der Waals surface area contributed by atoms with Crippen LogP contribution in [0, 0.1) is 5.82 Å². The van der Waals surface area contributed by atoms with Gasteiger partial charge in [0.15, 0.2) is 6.61 Å². The summed E-state index contributed by atoms with van der Waals surface area (Å²) in [6.07, 6.45) is 0. The molecular formula is C24H31ClFN3O2. The van der Waals surface area contributed by atoms with Gasteiger partial charge in [-0.15, -0.1) is 0 Å². The molecule has 1 heterocycles. The molecule has 7 heteroatoms. The quantitative estimate of drug-likeness (QED) is 0.688. The molecule has 1 fully saturated rings. The molecule has 3 atom stereocenters. The normalized spacial score (nSPS) is 20.5. The van der Waals surface area contributed by atoms with E-state index >= 15 is 0 Å². The van der Waals surface area contributed by atoms with Crippen LogP contribution >= 0.6 is 11.6 Å². The van der Waals surface area contributed by atoms with E-state index in [2.05, 4.69) is 24.1 Å². The van der Waals surface area contributed by atoms with Crippen LogP contribution in [0.1, 0.15) is 37.9 Å². The monoisotopic (exact) mass is 447 g/mol. The molecule has 2 aromatic carbocycles. The van der Waals surface area contributed by atoms with Crippen LogP contribution in [0.2, 0.25) is 5.02 Å². The summed E-state index contributed by atoms with van der Waals surface area (Å²) in [5.74, 6) is 0.405. The summed E-state index contributed by atoms with van der Waals surface area (Å²) in [5.41, 5.74) is 1.99. The number of piperazine rings is 1. The first-order chi connectivity index (χ1) is 14.8. The lowest BCUT2D eigenvalue weighted by Gasteiger charge is -2.44. The maximum absolute atomic E-state index is 13.2. The number of hydrogen-bond acceptors (Lipinski definition) is 4. The van der Waals surface area contributed by atoms with Gasteiger partial charge in [-0.3, -0.25) is 9.69 Å². The predicted octanol–water partition coefficient (Wildman–Crippen LogP) is 4.26. The summed E-state index contributed by atoms with van der Waals surface area (Å²) in [5, 5.41) is 3.81. The number of nitrogens with one attached hydrogen (secondary N) is 1. The molecule has 1 N–H and O–H groups in total. The molecule has 1 amide bonds. The fourth-order valence-electron chi connectivity index (χ4n) is 3.96. The van der Waals surface area contributed by atoms with Crippen LogP contribution in [-0.2, 0) is 11.3 Å². The van der Waals surface area contributed by atoms with Crippen LogP contribution in [0.4, 0.5) is 4.39 Å². The molecule has 0 bridgehead atoms. The Kier molecular flexibility index (Phi) is 7.92. The number of benzene rings is 2. The van der Waals surface area contributed by atoms with Crippen molar-refractivity contribution in [2.45, 2.75) is 45.4 Å². The van der Waals surface area contributed by atoms with Crippen LogP contribution in [0.15, 0.2) is 42.5 Å². The van der Waals surface area contributed by atoms with Crippen molar-refractivity contribution in [3.8, 4) is 5.75 Å². The number of amides is 1. The zero-order chi connectivity index (χ0) is 22.5. The van der Waals surface area contributed by atoms with Crippen molar-refractivity contribution in [2.24, 2.45) is 0 Å². The van der Waals surface area contributed by atoms with E-state index in [1.54, 1.807) is 6.07 Å². The topological polar surface area (TPSA) is 44.8 Å². The van der Waals surface area contributed by atoms with E-state index in [9.17, 15) is 9.18 Å². The fraction of sp³-hybridized carbons (Fsp3) is 0.458. The Morgan fingerprint density at radius 1 is 1.19 bits per heavy atom. The largest absolute Gasteiger partial charge is 0.483 e. The molecule has 0 aromatic heterocycles. The highest BCUT2D eigenvalue weighted by atomic mass is 35.5. The molecule has 0 spiro atoms. The van der Waals surface area contributed by atoms with Crippen LogP contribution < -0.4 is 10.1 Å². The van der Waals surface area contributed by atoms with Crippen molar-refractivity contribution in [2.75, 3.05) is 26.7 Å². The van der Waals surface area contributed by atoms with E-state index in [1.807, 2.05) is 43.1 Å². The highest BCUT2D eigenvalue weighted by molar-refractivity contribution is 6.30. The van der Waals surface area contributed by atoms with E-state index in [4.69, 9.17) is 16.3 Å². The lowest BCUT2D eigenvalue weighted by atomic mass is 10.1. The zero-order valence-corrected chi connectivity index (χ0v) is 19.3. The smallest absolute Gasteiger partial charge is 0.260 e. The first kappa shape index (κ1) is 23.5. The highest BCUT2D eigenvalue weighted by Gasteiger charge is 2.32. The third kappa shape index (κ3) is 5.97. The van der Waals surface area contributed by atoms with Gasteiger partial charge in [0, 0.05) is 48.3 Å². The summed E-state index contributed by atoms with van der Waals surface area (Å²) in [7, 11) is 1.87. The Hall–Kier alpha value is -2.15. The summed E-state index contributed by atoms with van der Waals surface area (Å²) in [6.45, 7) is 8.30. The molecule has 31 heavy (non-hydrogen) atoms. The SMILES string of the molecule is CNC(C)c1cc(Cl)ccc1OCC(=O)N1C[C@@H](C)N(Cc2ccc(F)cc2)C[C@@H]1C. The van der Waals surface area contributed by atoms with E-state index in [0.717, 1.165) is 24.2 Å². The van der Waals surface area contributed by atoms with Gasteiger partial charge in [-0.05, 0) is 63.7 Å². The van der Waals surface area contributed by atoms with Crippen molar-refractivity contribution in [1.29, 1.82) is 0 Å². The summed E-state index contributed by atoms with van der Waals surface area (Å²) in [6, 6.07) is 12.4. The van der Waals surface area contributed by atoms with Gasteiger partial charge in [0.2, 0.25) is 0 Å². The third-order valence-corrected chi connectivity index (χ3v) is 6.19. The Morgan fingerprint density at radius 3 is 2.58 bits per heavy atom. The lowest BCUT2D eigenvalue weighted by Crippen LogP contribution is -2.58. The molecular weight excluding hydrogens is 417 g/mol. The molecule has 0 radical (unpaired) electrons. The minimum absolute atomic E-state index is 0.0138. The summed E-state index contributed by atoms with van der Waals surface area (Å²) < 4.78 is 19.1. The van der Waals surface area contributed by atoms with Crippen LogP contribution in [0.25, 0.3) is 0 Å². The summed E-state index contributed by atoms with van der Waals surface area (Å²) >= 11 is 6.14. The number of ether oxygens (including phenoxy) is 1. The number of nitrogens with zero attached hydrogens (tertiary/aromatic N) is 2. The van der Waals surface area contributed by atoms with Gasteiger partial charge in [-0.25, -0.2) is 4.39 Å². The molecule has 1 aliphatic rings. The minimum Gasteiger partial charge on any atom is -0.483 e. The molecule has 0 saturated carbocycles. The molecule has 1 saturated heterocycles. The third-order valence-electron chi connectivity index (χ3n) is 5.96. The fourth-order valence-corrected chi connectivity index (χ4v) is 4.14. The molecule has 168 valence electrons. The maximum atomic E-state index is 13.2. The van der Waals surface area contributed by atoms with E-state index in [-0.39, 0.29) is 36.5 Å². The second-order valence-corrected chi connectivity index (χ2v) is 8.72. The average molecular weight is 448 g/mol. The molecule has 1 unspecified atom stereocenters. The van der Waals surface area contributed by atoms with Crippen LogP contribution in [-0.4, -0.2) is 54.5 Å². The number of hydrogen-bond donors (Lipinski definition) is 1. The number of carbonyl (C=O) groups excluding carboxylic acids is 1. The number of carbonyl (C=O) groups is 1. The first-order valence-corrected chi connectivity index (χ1v) is 11.0.